The average molecular weight is 260 g/mol. The Morgan fingerprint density at radius 1 is 1.17 bits per heavy atom. The summed E-state index contributed by atoms with van der Waals surface area (Å²) in [5, 5.41) is 0. The summed E-state index contributed by atoms with van der Waals surface area (Å²) >= 11 is 0. The van der Waals surface area contributed by atoms with E-state index in [2.05, 4.69) is 6.08 Å². The van der Waals surface area contributed by atoms with Gasteiger partial charge < -0.3 is 0 Å². The third-order valence-corrected chi connectivity index (χ3v) is 5.65. The van der Waals surface area contributed by atoms with Crippen molar-refractivity contribution in [2.24, 2.45) is 11.8 Å². The summed E-state index contributed by atoms with van der Waals surface area (Å²) < 4.78 is 12.1. The lowest BCUT2D eigenvalue weighted by molar-refractivity contribution is 0.193. The van der Waals surface area contributed by atoms with E-state index in [0.29, 0.717) is 5.75 Å². The maximum Gasteiger partial charge on any atom is 0.0568 e. The summed E-state index contributed by atoms with van der Waals surface area (Å²) in [6.07, 6.45) is 9.13. The molecule has 3 rings (SSSR count). The van der Waals surface area contributed by atoms with Crippen LogP contribution >= 0.6 is 0 Å². The molecule has 2 aliphatic carbocycles. The highest BCUT2D eigenvalue weighted by Gasteiger charge is 2.36. The second kappa shape index (κ2) is 5.40. The van der Waals surface area contributed by atoms with Gasteiger partial charge in [-0.05, 0) is 43.2 Å². The summed E-state index contributed by atoms with van der Waals surface area (Å²) in [6, 6.07) is 9.80. The van der Waals surface area contributed by atoms with E-state index in [1.54, 1.807) is 5.57 Å². The highest BCUT2D eigenvalue weighted by molar-refractivity contribution is 7.85. The van der Waals surface area contributed by atoms with Crippen LogP contribution in [-0.4, -0.2) is 9.96 Å². The predicted molar refractivity (Wildman–Crippen MR) is 75.9 cm³/mol. The molecule has 1 nitrogen and oxygen atoms in total. The highest BCUT2D eigenvalue weighted by atomic mass is 32.2. The Bertz CT molecular complexity index is 463. The molecule has 2 saturated carbocycles. The Hall–Kier alpha value is -0.890. The molecule has 3 atom stereocenters. The van der Waals surface area contributed by atoms with Crippen LogP contribution in [0.5, 0.6) is 0 Å². The first kappa shape index (κ1) is 12.2. The molecule has 2 fully saturated rings. The average Bonchev–Trinajstić information content (AvgIpc) is 2.40. The molecule has 0 bridgehead atoms. The molecular weight excluding hydrogens is 240 g/mol. The normalized spacial score (nSPS) is 30.6. The van der Waals surface area contributed by atoms with Gasteiger partial charge in [-0.3, -0.25) is 4.21 Å². The minimum Gasteiger partial charge on any atom is -0.254 e. The first-order valence-electron chi connectivity index (χ1n) is 6.97. The van der Waals surface area contributed by atoms with Crippen LogP contribution in [-0.2, 0) is 10.8 Å². The molecule has 18 heavy (non-hydrogen) atoms. The van der Waals surface area contributed by atoms with Crippen LogP contribution in [0.25, 0.3) is 0 Å². The monoisotopic (exact) mass is 260 g/mol. The molecule has 96 valence electrons. The number of allylic oxidation sites excluding steroid dienone is 1. The van der Waals surface area contributed by atoms with Gasteiger partial charge in [-0.1, -0.05) is 42.7 Å². The predicted octanol–water partition coefficient (Wildman–Crippen LogP) is 3.93. The first-order chi connectivity index (χ1) is 8.84. The molecule has 0 radical (unpaired) electrons. The van der Waals surface area contributed by atoms with Crippen molar-refractivity contribution in [3.8, 4) is 0 Å². The summed E-state index contributed by atoms with van der Waals surface area (Å²) in [6.45, 7) is 0. The molecule has 0 heterocycles. The van der Waals surface area contributed by atoms with E-state index in [1.807, 2.05) is 30.3 Å². The van der Waals surface area contributed by atoms with E-state index in [9.17, 15) is 4.21 Å². The van der Waals surface area contributed by atoms with Gasteiger partial charge in [0.05, 0.1) is 10.8 Å². The van der Waals surface area contributed by atoms with Crippen molar-refractivity contribution in [3.05, 3.63) is 42.0 Å². The minimum atomic E-state index is -0.860. The molecule has 0 aromatic heterocycles. The van der Waals surface area contributed by atoms with Crippen LogP contribution in [0.3, 0.4) is 0 Å². The van der Waals surface area contributed by atoms with Crippen molar-refractivity contribution >= 4 is 10.8 Å². The van der Waals surface area contributed by atoms with Gasteiger partial charge in [0.1, 0.15) is 0 Å². The van der Waals surface area contributed by atoms with Gasteiger partial charge in [0, 0.05) is 10.6 Å². The number of fused-ring (bicyclic) bond motifs is 1. The van der Waals surface area contributed by atoms with Crippen LogP contribution in [0.15, 0.2) is 46.9 Å². The standard InChI is InChI=1S/C16H20OS/c17-18(15-7-2-1-3-8-15)11-10-14-12-13-6-4-5-9-16(13)14/h1-3,7-8,10,13,16H,4-6,9,11-12H2/b14-10+. The third-order valence-electron chi connectivity index (χ3n) is 4.39. The van der Waals surface area contributed by atoms with E-state index in [-0.39, 0.29) is 0 Å². The van der Waals surface area contributed by atoms with Gasteiger partial charge in [0.2, 0.25) is 0 Å². The molecular formula is C16H20OS. The van der Waals surface area contributed by atoms with E-state index < -0.39 is 10.8 Å². The zero-order valence-electron chi connectivity index (χ0n) is 10.7. The van der Waals surface area contributed by atoms with Crippen LogP contribution in [0.2, 0.25) is 0 Å². The smallest absolute Gasteiger partial charge is 0.0568 e. The fourth-order valence-electron chi connectivity index (χ4n) is 3.32. The van der Waals surface area contributed by atoms with Crippen molar-refractivity contribution in [2.75, 3.05) is 5.75 Å². The number of hydrogen-bond acceptors (Lipinski definition) is 1. The lowest BCUT2D eigenvalue weighted by atomic mass is 9.62. The lowest BCUT2D eigenvalue weighted by Crippen LogP contribution is -2.32. The fourth-order valence-corrected chi connectivity index (χ4v) is 4.34. The number of benzene rings is 1. The first-order valence-corrected chi connectivity index (χ1v) is 8.29. The van der Waals surface area contributed by atoms with Gasteiger partial charge in [0.25, 0.3) is 0 Å². The maximum absolute atomic E-state index is 12.1. The highest BCUT2D eigenvalue weighted by Crippen LogP contribution is 2.48. The van der Waals surface area contributed by atoms with Crippen molar-refractivity contribution < 1.29 is 4.21 Å². The van der Waals surface area contributed by atoms with Crippen molar-refractivity contribution in [3.63, 3.8) is 0 Å². The Morgan fingerprint density at radius 2 is 1.94 bits per heavy atom. The molecule has 0 N–H and O–H groups in total. The van der Waals surface area contributed by atoms with E-state index in [1.165, 1.54) is 32.1 Å². The molecule has 1 aromatic rings. The zero-order chi connectivity index (χ0) is 12.4. The summed E-state index contributed by atoms with van der Waals surface area (Å²) in [5.74, 6) is 2.49. The van der Waals surface area contributed by atoms with Crippen LogP contribution in [0, 0.1) is 11.8 Å². The van der Waals surface area contributed by atoms with Crippen LogP contribution in [0.1, 0.15) is 32.1 Å². The molecule has 2 aliphatic rings. The van der Waals surface area contributed by atoms with Gasteiger partial charge >= 0.3 is 0 Å². The number of rotatable bonds is 3. The second-order valence-electron chi connectivity index (χ2n) is 5.46. The quantitative estimate of drug-likeness (QED) is 0.753. The summed E-state index contributed by atoms with van der Waals surface area (Å²) in [5.41, 5.74) is 1.59. The summed E-state index contributed by atoms with van der Waals surface area (Å²) in [4.78, 5) is 0.953. The Morgan fingerprint density at radius 3 is 2.72 bits per heavy atom. The SMILES string of the molecule is O=S(C/C=C1\CC2CCCCC12)c1ccccc1. The van der Waals surface area contributed by atoms with Crippen LogP contribution < -0.4 is 0 Å². The molecule has 2 heteroatoms. The number of hydrogen-bond donors (Lipinski definition) is 0. The molecule has 3 unspecified atom stereocenters. The Labute approximate surface area is 112 Å². The minimum absolute atomic E-state index is 0.697. The molecule has 0 aliphatic heterocycles. The largest absolute Gasteiger partial charge is 0.254 e. The van der Waals surface area contributed by atoms with Gasteiger partial charge in [-0.15, -0.1) is 0 Å². The Kier molecular flexibility index (Phi) is 3.64. The van der Waals surface area contributed by atoms with E-state index in [4.69, 9.17) is 0 Å². The van der Waals surface area contributed by atoms with Gasteiger partial charge in [0.15, 0.2) is 0 Å². The zero-order valence-corrected chi connectivity index (χ0v) is 11.5. The molecule has 0 amide bonds. The fraction of sp³-hybridized carbons (Fsp3) is 0.500. The molecule has 1 aromatic carbocycles. The van der Waals surface area contributed by atoms with Gasteiger partial charge in [-0.25, -0.2) is 0 Å². The maximum atomic E-state index is 12.1. The second-order valence-corrected chi connectivity index (χ2v) is 6.96. The van der Waals surface area contributed by atoms with Crippen LogP contribution in [0.4, 0.5) is 0 Å². The Balaban J connectivity index is 1.60. The van der Waals surface area contributed by atoms with E-state index in [0.717, 1.165) is 16.7 Å². The van der Waals surface area contributed by atoms with Crippen molar-refractivity contribution in [1.82, 2.24) is 0 Å². The lowest BCUT2D eigenvalue weighted by Gasteiger charge is -2.43. The van der Waals surface area contributed by atoms with Gasteiger partial charge in [-0.2, -0.15) is 0 Å². The summed E-state index contributed by atoms with van der Waals surface area (Å²) in [7, 11) is -0.860. The van der Waals surface area contributed by atoms with E-state index >= 15 is 0 Å². The van der Waals surface area contributed by atoms with Crippen molar-refractivity contribution in [1.29, 1.82) is 0 Å². The van der Waals surface area contributed by atoms with Crippen molar-refractivity contribution in [2.45, 2.75) is 37.0 Å². The molecule has 0 saturated heterocycles. The third kappa shape index (κ3) is 2.44. The molecule has 0 spiro atoms. The topological polar surface area (TPSA) is 17.1 Å².